The summed E-state index contributed by atoms with van der Waals surface area (Å²) in [6, 6.07) is 0.430. The van der Waals surface area contributed by atoms with E-state index in [0.29, 0.717) is 25.0 Å². The lowest BCUT2D eigenvalue weighted by molar-refractivity contribution is 0.118. The van der Waals surface area contributed by atoms with Gasteiger partial charge in [0.05, 0.1) is 20.8 Å². The fourth-order valence-corrected chi connectivity index (χ4v) is 1.15. The van der Waals surface area contributed by atoms with Gasteiger partial charge in [-0.05, 0) is 5.92 Å². The van der Waals surface area contributed by atoms with E-state index in [0.717, 1.165) is 6.61 Å². The smallest absolute Gasteiger partial charge is 0.324 e. The van der Waals surface area contributed by atoms with Crippen LogP contribution in [0.25, 0.3) is 0 Å². The van der Waals surface area contributed by atoms with Gasteiger partial charge in [0.2, 0.25) is 5.95 Å². The molecule has 0 saturated heterocycles. The van der Waals surface area contributed by atoms with Gasteiger partial charge in [-0.2, -0.15) is 9.97 Å². The highest BCUT2D eigenvalue weighted by molar-refractivity contribution is 5.27. The quantitative estimate of drug-likeness (QED) is 0.694. The van der Waals surface area contributed by atoms with Gasteiger partial charge in [0.1, 0.15) is 0 Å². The zero-order valence-corrected chi connectivity index (χ0v) is 11.3. The largest absolute Gasteiger partial charge is 0.467 e. The molecule has 18 heavy (non-hydrogen) atoms. The second kappa shape index (κ2) is 7.65. The Morgan fingerprint density at radius 3 is 2.17 bits per heavy atom. The first-order valence-electron chi connectivity index (χ1n) is 5.81. The van der Waals surface area contributed by atoms with E-state index in [2.05, 4.69) is 34.1 Å². The Kier molecular flexibility index (Phi) is 6.13. The number of rotatable bonds is 8. The lowest BCUT2D eigenvalue weighted by Gasteiger charge is -2.09. The Morgan fingerprint density at radius 2 is 1.67 bits per heavy atom. The van der Waals surface area contributed by atoms with E-state index in [1.54, 1.807) is 0 Å². The minimum Gasteiger partial charge on any atom is -0.467 e. The molecule has 0 unspecified atom stereocenters. The Hall–Kier alpha value is -1.63. The minimum atomic E-state index is 0.215. The monoisotopic (exact) mass is 256 g/mol. The first-order valence-corrected chi connectivity index (χ1v) is 5.81. The van der Waals surface area contributed by atoms with Crippen molar-refractivity contribution in [2.75, 3.05) is 39.3 Å². The van der Waals surface area contributed by atoms with Crippen LogP contribution in [0.1, 0.15) is 13.8 Å². The SMILES string of the molecule is COc1nc(NCCOCC(C)C)nc(OC)n1. The maximum absolute atomic E-state index is 5.43. The van der Waals surface area contributed by atoms with Crippen LogP contribution < -0.4 is 14.8 Å². The molecule has 0 bridgehead atoms. The number of nitrogens with zero attached hydrogens (tertiary/aromatic N) is 3. The Bertz CT molecular complexity index is 338. The molecular weight excluding hydrogens is 236 g/mol. The van der Waals surface area contributed by atoms with Crippen molar-refractivity contribution in [3.05, 3.63) is 0 Å². The summed E-state index contributed by atoms with van der Waals surface area (Å²) in [5.74, 6) is 0.939. The van der Waals surface area contributed by atoms with Gasteiger partial charge in [0, 0.05) is 13.2 Å². The summed E-state index contributed by atoms with van der Waals surface area (Å²) in [7, 11) is 2.98. The molecule has 1 N–H and O–H groups in total. The molecule has 1 heterocycles. The molecule has 0 aliphatic rings. The van der Waals surface area contributed by atoms with Gasteiger partial charge in [-0.1, -0.05) is 13.8 Å². The van der Waals surface area contributed by atoms with Crippen LogP contribution >= 0.6 is 0 Å². The lowest BCUT2D eigenvalue weighted by atomic mass is 10.2. The summed E-state index contributed by atoms with van der Waals surface area (Å²) in [6.07, 6.45) is 0. The van der Waals surface area contributed by atoms with E-state index in [9.17, 15) is 0 Å². The summed E-state index contributed by atoms with van der Waals surface area (Å²) in [5.41, 5.74) is 0. The maximum atomic E-state index is 5.43. The molecular formula is C11H20N4O3. The summed E-state index contributed by atoms with van der Waals surface area (Å²) in [4.78, 5) is 12.0. The average molecular weight is 256 g/mol. The number of hydrogen-bond donors (Lipinski definition) is 1. The topological polar surface area (TPSA) is 78.4 Å². The molecule has 7 heteroatoms. The van der Waals surface area contributed by atoms with Gasteiger partial charge in [0.15, 0.2) is 0 Å². The van der Waals surface area contributed by atoms with Crippen LogP contribution in [0.5, 0.6) is 12.0 Å². The second-order valence-corrected chi connectivity index (χ2v) is 4.03. The lowest BCUT2D eigenvalue weighted by Crippen LogP contribution is -2.14. The molecule has 0 fully saturated rings. The Labute approximate surface area is 107 Å². The van der Waals surface area contributed by atoms with Gasteiger partial charge >= 0.3 is 12.0 Å². The molecule has 0 aromatic carbocycles. The van der Waals surface area contributed by atoms with Gasteiger partial charge in [-0.3, -0.25) is 0 Å². The molecule has 1 rings (SSSR count). The zero-order valence-electron chi connectivity index (χ0n) is 11.3. The molecule has 7 nitrogen and oxygen atoms in total. The number of aromatic nitrogens is 3. The van der Waals surface area contributed by atoms with Crippen LogP contribution in [0.4, 0.5) is 5.95 Å². The first kappa shape index (κ1) is 14.4. The van der Waals surface area contributed by atoms with Crippen molar-refractivity contribution < 1.29 is 14.2 Å². The highest BCUT2D eigenvalue weighted by Gasteiger charge is 2.06. The standard InChI is InChI=1S/C11H20N4O3/c1-8(2)7-18-6-5-12-9-13-10(16-3)15-11(14-9)17-4/h8H,5-7H2,1-4H3,(H,12,13,14,15). The Morgan fingerprint density at radius 1 is 1.06 bits per heavy atom. The molecule has 0 radical (unpaired) electrons. The first-order chi connectivity index (χ1) is 8.65. The molecule has 0 atom stereocenters. The fourth-order valence-electron chi connectivity index (χ4n) is 1.15. The van der Waals surface area contributed by atoms with Crippen molar-refractivity contribution in [2.24, 2.45) is 5.92 Å². The van der Waals surface area contributed by atoms with Crippen molar-refractivity contribution >= 4 is 5.95 Å². The van der Waals surface area contributed by atoms with Crippen LogP contribution in [0.3, 0.4) is 0 Å². The van der Waals surface area contributed by atoms with E-state index in [1.165, 1.54) is 14.2 Å². The number of ether oxygens (including phenoxy) is 3. The van der Waals surface area contributed by atoms with Crippen LogP contribution in [-0.4, -0.2) is 48.9 Å². The van der Waals surface area contributed by atoms with Gasteiger partial charge < -0.3 is 19.5 Å². The molecule has 0 aliphatic carbocycles. The van der Waals surface area contributed by atoms with Crippen molar-refractivity contribution in [1.82, 2.24) is 15.0 Å². The van der Waals surface area contributed by atoms with Crippen molar-refractivity contribution in [3.63, 3.8) is 0 Å². The van der Waals surface area contributed by atoms with Gasteiger partial charge in [-0.25, -0.2) is 0 Å². The highest BCUT2D eigenvalue weighted by Crippen LogP contribution is 2.11. The van der Waals surface area contributed by atoms with Crippen LogP contribution in [-0.2, 0) is 4.74 Å². The number of hydrogen-bond acceptors (Lipinski definition) is 7. The molecule has 1 aromatic rings. The third-order valence-corrected chi connectivity index (χ3v) is 1.94. The van der Waals surface area contributed by atoms with E-state index < -0.39 is 0 Å². The van der Waals surface area contributed by atoms with Crippen LogP contribution in [0.15, 0.2) is 0 Å². The number of methoxy groups -OCH3 is 2. The third kappa shape index (κ3) is 5.13. The van der Waals surface area contributed by atoms with Crippen molar-refractivity contribution in [1.29, 1.82) is 0 Å². The summed E-state index contributed by atoms with van der Waals surface area (Å²) < 4.78 is 15.3. The Balaban J connectivity index is 2.41. The highest BCUT2D eigenvalue weighted by atomic mass is 16.5. The van der Waals surface area contributed by atoms with Gasteiger partial charge in [0.25, 0.3) is 0 Å². The molecule has 102 valence electrons. The molecule has 1 aromatic heterocycles. The molecule has 0 aliphatic heterocycles. The summed E-state index contributed by atoms with van der Waals surface area (Å²) in [5, 5.41) is 3.02. The predicted octanol–water partition coefficient (Wildman–Crippen LogP) is 0.973. The third-order valence-electron chi connectivity index (χ3n) is 1.94. The van der Waals surface area contributed by atoms with Crippen molar-refractivity contribution in [2.45, 2.75) is 13.8 Å². The second-order valence-electron chi connectivity index (χ2n) is 4.03. The summed E-state index contributed by atoms with van der Waals surface area (Å²) >= 11 is 0. The fraction of sp³-hybridized carbons (Fsp3) is 0.727. The zero-order chi connectivity index (χ0) is 13.4. The number of nitrogens with one attached hydrogen (secondary N) is 1. The van der Waals surface area contributed by atoms with E-state index in [1.807, 2.05) is 0 Å². The van der Waals surface area contributed by atoms with Gasteiger partial charge in [-0.15, -0.1) is 4.98 Å². The normalized spacial score (nSPS) is 10.5. The van der Waals surface area contributed by atoms with E-state index in [-0.39, 0.29) is 12.0 Å². The predicted molar refractivity (Wildman–Crippen MR) is 67.1 cm³/mol. The molecule has 0 amide bonds. The van der Waals surface area contributed by atoms with Crippen molar-refractivity contribution in [3.8, 4) is 12.0 Å². The summed E-state index contributed by atoms with van der Waals surface area (Å²) in [6.45, 7) is 6.16. The van der Waals surface area contributed by atoms with Crippen LogP contribution in [0.2, 0.25) is 0 Å². The molecule has 0 spiro atoms. The number of anilines is 1. The van der Waals surface area contributed by atoms with E-state index >= 15 is 0 Å². The molecule has 0 saturated carbocycles. The minimum absolute atomic E-state index is 0.215. The average Bonchev–Trinajstić information content (AvgIpc) is 2.37. The van der Waals surface area contributed by atoms with E-state index in [4.69, 9.17) is 14.2 Å². The maximum Gasteiger partial charge on any atom is 0.324 e. The van der Waals surface area contributed by atoms with Crippen LogP contribution in [0, 0.1) is 5.92 Å².